The second-order valence-electron chi connectivity index (χ2n) is 5.31. The molecule has 1 atom stereocenters. The molecule has 0 saturated carbocycles. The summed E-state index contributed by atoms with van der Waals surface area (Å²) in [5.41, 5.74) is 0.422. The number of anilines is 1. The van der Waals surface area contributed by atoms with E-state index in [-0.39, 0.29) is 17.5 Å². The summed E-state index contributed by atoms with van der Waals surface area (Å²) < 4.78 is 24.9. The van der Waals surface area contributed by atoms with Gasteiger partial charge in [-0.05, 0) is 19.1 Å². The summed E-state index contributed by atoms with van der Waals surface area (Å²) in [5.74, 6) is -0.112. The first-order valence-electron chi connectivity index (χ1n) is 7.26. The highest BCUT2D eigenvalue weighted by molar-refractivity contribution is 5.78. The van der Waals surface area contributed by atoms with Crippen molar-refractivity contribution >= 4 is 22.3 Å². The van der Waals surface area contributed by atoms with Gasteiger partial charge in [0.1, 0.15) is 11.3 Å². The lowest BCUT2D eigenvalue weighted by atomic mass is 10.2. The first kappa shape index (κ1) is 15.8. The van der Waals surface area contributed by atoms with Crippen molar-refractivity contribution in [3.63, 3.8) is 0 Å². The molecule has 0 fully saturated rings. The van der Waals surface area contributed by atoms with Gasteiger partial charge in [-0.2, -0.15) is 0 Å². The molecule has 1 heterocycles. The van der Waals surface area contributed by atoms with Crippen LogP contribution in [0, 0.1) is 15.9 Å². The highest BCUT2D eigenvalue weighted by Gasteiger charge is 2.21. The summed E-state index contributed by atoms with van der Waals surface area (Å²) in [6.07, 6.45) is 0. The minimum absolute atomic E-state index is 0.0132. The number of ether oxygens (including phenoxy) is 1. The van der Waals surface area contributed by atoms with Crippen molar-refractivity contribution in [2.24, 2.45) is 0 Å². The fraction of sp³-hybridized carbons (Fsp3) is 0.176. The highest BCUT2D eigenvalue weighted by Crippen LogP contribution is 2.34. The number of nitro groups is 1. The van der Waals surface area contributed by atoms with Crippen LogP contribution in [-0.4, -0.2) is 12.0 Å². The Kier molecular flexibility index (Phi) is 4.07. The van der Waals surface area contributed by atoms with Crippen LogP contribution >= 0.6 is 0 Å². The molecular formula is C17H15FN2O4. The number of halogens is 1. The Morgan fingerprint density at radius 3 is 2.71 bits per heavy atom. The van der Waals surface area contributed by atoms with Crippen molar-refractivity contribution in [3.8, 4) is 5.75 Å². The molecule has 6 nitrogen and oxygen atoms in total. The molecular weight excluding hydrogens is 315 g/mol. The van der Waals surface area contributed by atoms with Gasteiger partial charge in [0.05, 0.1) is 29.8 Å². The second kappa shape index (κ2) is 6.19. The van der Waals surface area contributed by atoms with Crippen molar-refractivity contribution in [2.75, 3.05) is 12.4 Å². The van der Waals surface area contributed by atoms with Crippen LogP contribution in [0.4, 0.5) is 15.8 Å². The van der Waals surface area contributed by atoms with Crippen LogP contribution in [0.3, 0.4) is 0 Å². The van der Waals surface area contributed by atoms with Gasteiger partial charge in [0.15, 0.2) is 11.6 Å². The number of para-hydroxylation sites is 1. The van der Waals surface area contributed by atoms with Crippen LogP contribution < -0.4 is 10.1 Å². The average molecular weight is 330 g/mol. The predicted octanol–water partition coefficient (Wildman–Crippen LogP) is 4.66. The normalized spacial score (nSPS) is 12.1. The number of furan rings is 1. The Balaban J connectivity index is 1.91. The molecule has 24 heavy (non-hydrogen) atoms. The second-order valence-corrected chi connectivity index (χ2v) is 5.31. The minimum atomic E-state index is -0.731. The molecule has 124 valence electrons. The molecule has 0 saturated heterocycles. The molecule has 2 aromatic carbocycles. The molecule has 7 heteroatoms. The maximum absolute atomic E-state index is 14.2. The van der Waals surface area contributed by atoms with E-state index >= 15 is 0 Å². The molecule has 0 unspecified atom stereocenters. The number of fused-ring (bicyclic) bond motifs is 1. The molecule has 3 aromatic rings. The van der Waals surface area contributed by atoms with Crippen LogP contribution in [0.1, 0.15) is 18.7 Å². The third-order valence-corrected chi connectivity index (χ3v) is 3.71. The smallest absolute Gasteiger partial charge is 0.313 e. The zero-order chi connectivity index (χ0) is 17.3. The van der Waals surface area contributed by atoms with Gasteiger partial charge < -0.3 is 14.5 Å². The zero-order valence-electron chi connectivity index (χ0n) is 13.1. The van der Waals surface area contributed by atoms with Crippen molar-refractivity contribution < 1.29 is 18.5 Å². The fourth-order valence-electron chi connectivity index (χ4n) is 2.48. The van der Waals surface area contributed by atoms with E-state index in [1.165, 1.54) is 13.2 Å². The van der Waals surface area contributed by atoms with E-state index in [0.29, 0.717) is 5.76 Å². The van der Waals surface area contributed by atoms with Crippen molar-refractivity contribution in [2.45, 2.75) is 13.0 Å². The van der Waals surface area contributed by atoms with Gasteiger partial charge in [-0.3, -0.25) is 10.1 Å². The molecule has 3 rings (SSSR count). The summed E-state index contributed by atoms with van der Waals surface area (Å²) in [5, 5.41) is 14.8. The van der Waals surface area contributed by atoms with Gasteiger partial charge in [0.25, 0.3) is 0 Å². The van der Waals surface area contributed by atoms with E-state index in [9.17, 15) is 14.5 Å². The van der Waals surface area contributed by atoms with Gasteiger partial charge in [0, 0.05) is 11.5 Å². The topological polar surface area (TPSA) is 77.5 Å². The van der Waals surface area contributed by atoms with Gasteiger partial charge in [-0.25, -0.2) is 4.39 Å². The lowest BCUT2D eigenvalue weighted by Gasteiger charge is -2.14. The Hall–Kier alpha value is -3.09. The van der Waals surface area contributed by atoms with E-state index in [0.717, 1.165) is 17.0 Å². The van der Waals surface area contributed by atoms with Crippen LogP contribution in [0.5, 0.6) is 5.75 Å². The molecule has 0 aliphatic rings. The number of benzene rings is 2. The lowest BCUT2D eigenvalue weighted by Crippen LogP contribution is -2.08. The first-order chi connectivity index (χ1) is 11.5. The zero-order valence-corrected chi connectivity index (χ0v) is 13.1. The predicted molar refractivity (Wildman–Crippen MR) is 87.9 cm³/mol. The fourth-order valence-corrected chi connectivity index (χ4v) is 2.48. The summed E-state index contributed by atoms with van der Waals surface area (Å²) >= 11 is 0. The molecule has 0 amide bonds. The first-order valence-corrected chi connectivity index (χ1v) is 7.26. The largest absolute Gasteiger partial charge is 0.490 e. The van der Waals surface area contributed by atoms with Crippen LogP contribution in [-0.2, 0) is 0 Å². The summed E-state index contributed by atoms with van der Waals surface area (Å²) in [4.78, 5) is 10.2. The van der Waals surface area contributed by atoms with Crippen LogP contribution in [0.15, 0.2) is 46.9 Å². The number of nitro benzene ring substituents is 1. The monoisotopic (exact) mass is 330 g/mol. The number of hydrogen-bond acceptors (Lipinski definition) is 5. The van der Waals surface area contributed by atoms with E-state index in [2.05, 4.69) is 5.32 Å². The molecule has 0 spiro atoms. The molecule has 1 N–H and O–H groups in total. The number of rotatable bonds is 5. The number of nitrogens with one attached hydrogen (secondary N) is 1. The Morgan fingerprint density at radius 1 is 1.29 bits per heavy atom. The van der Waals surface area contributed by atoms with Crippen molar-refractivity contribution in [3.05, 3.63) is 64.2 Å². The number of methoxy groups -OCH3 is 1. The van der Waals surface area contributed by atoms with E-state index in [1.54, 1.807) is 0 Å². The molecule has 0 aliphatic heterocycles. The van der Waals surface area contributed by atoms with Gasteiger partial charge >= 0.3 is 5.69 Å². The highest BCUT2D eigenvalue weighted by atomic mass is 19.1. The molecule has 0 aliphatic carbocycles. The van der Waals surface area contributed by atoms with Gasteiger partial charge in [0.2, 0.25) is 0 Å². The molecule has 1 aromatic heterocycles. The van der Waals surface area contributed by atoms with Crippen LogP contribution in [0.2, 0.25) is 0 Å². The lowest BCUT2D eigenvalue weighted by molar-refractivity contribution is -0.385. The quantitative estimate of drug-likeness (QED) is 0.544. The maximum Gasteiger partial charge on any atom is 0.313 e. The van der Waals surface area contributed by atoms with Gasteiger partial charge in [-0.1, -0.05) is 18.2 Å². The third-order valence-electron chi connectivity index (χ3n) is 3.71. The van der Waals surface area contributed by atoms with Gasteiger partial charge in [-0.15, -0.1) is 0 Å². The van der Waals surface area contributed by atoms with Crippen LogP contribution in [0.25, 0.3) is 11.0 Å². The maximum atomic E-state index is 14.2. The number of hydrogen-bond donors (Lipinski definition) is 1. The van der Waals surface area contributed by atoms with E-state index in [4.69, 9.17) is 9.15 Å². The minimum Gasteiger partial charge on any atom is -0.490 e. The molecule has 0 radical (unpaired) electrons. The standard InChI is InChI=1S/C17H15FN2O4/c1-10(16-7-11-5-3-4-6-15(11)24-16)19-13-9-17(23-2)14(20(21)22)8-12(13)18/h3-10,19H,1-2H3/t10-/m1/s1. The summed E-state index contributed by atoms with van der Waals surface area (Å²) in [6, 6.07) is 11.2. The number of nitrogens with zero attached hydrogens (tertiary/aromatic N) is 1. The Labute approximate surface area is 137 Å². The SMILES string of the molecule is COc1cc(N[C@H](C)c2cc3ccccc3o2)c(F)cc1[N+](=O)[O-]. The average Bonchev–Trinajstić information content (AvgIpc) is 3.00. The summed E-state index contributed by atoms with van der Waals surface area (Å²) in [6.45, 7) is 1.81. The molecule has 0 bridgehead atoms. The third kappa shape index (κ3) is 2.88. The Morgan fingerprint density at radius 2 is 2.04 bits per heavy atom. The Bertz CT molecular complexity index is 874. The van der Waals surface area contributed by atoms with E-state index in [1.807, 2.05) is 37.3 Å². The van der Waals surface area contributed by atoms with Crippen molar-refractivity contribution in [1.29, 1.82) is 0 Å². The summed E-state index contributed by atoms with van der Waals surface area (Å²) in [7, 11) is 1.30. The van der Waals surface area contributed by atoms with Crippen molar-refractivity contribution in [1.82, 2.24) is 0 Å². The van der Waals surface area contributed by atoms with E-state index < -0.39 is 16.4 Å².